The molecule has 0 amide bonds. The Morgan fingerprint density at radius 1 is 0.793 bits per heavy atom. The molecular weight excluding hydrogens is 356 g/mol. The van der Waals surface area contributed by atoms with E-state index in [4.69, 9.17) is 0 Å². The van der Waals surface area contributed by atoms with E-state index in [9.17, 15) is 4.79 Å². The van der Waals surface area contributed by atoms with Crippen LogP contribution in [0, 0.1) is 0 Å². The van der Waals surface area contributed by atoms with Gasteiger partial charge in [-0.3, -0.25) is 15.0 Å². The second-order valence-electron chi connectivity index (χ2n) is 8.61. The molecule has 0 spiro atoms. The molecule has 1 aromatic carbocycles. The lowest BCUT2D eigenvalue weighted by Gasteiger charge is -2.40. The Hall–Kier alpha value is -1.19. The van der Waals surface area contributed by atoms with Crippen molar-refractivity contribution < 1.29 is 4.79 Å². The van der Waals surface area contributed by atoms with Gasteiger partial charge in [0.15, 0.2) is 11.4 Å². The van der Waals surface area contributed by atoms with Gasteiger partial charge in [0.25, 0.3) is 0 Å². The molecule has 3 heteroatoms. The van der Waals surface area contributed by atoms with E-state index >= 15 is 0 Å². The molecule has 0 fully saturated rings. The highest BCUT2D eigenvalue weighted by Crippen LogP contribution is 2.27. The highest BCUT2D eigenvalue weighted by molar-refractivity contribution is 5.89. The summed E-state index contributed by atoms with van der Waals surface area (Å²) in [4.78, 5) is 15.4. The van der Waals surface area contributed by atoms with Crippen molar-refractivity contribution in [3.8, 4) is 0 Å². The lowest BCUT2D eigenvalue weighted by Crippen LogP contribution is -2.59. The number of benzene rings is 1. The molecule has 29 heavy (non-hydrogen) atoms. The summed E-state index contributed by atoms with van der Waals surface area (Å²) in [5.41, 5.74) is 0.335. The zero-order valence-electron chi connectivity index (χ0n) is 19.6. The smallest absolute Gasteiger partial charge is 0.172 e. The first kappa shape index (κ1) is 25.8. The van der Waals surface area contributed by atoms with Crippen LogP contribution in [0.5, 0.6) is 0 Å². The van der Waals surface area contributed by atoms with Crippen LogP contribution in [0.1, 0.15) is 103 Å². The maximum Gasteiger partial charge on any atom is 0.172 e. The quantitative estimate of drug-likeness (QED) is 0.220. The Balaban J connectivity index is 2.43. The van der Waals surface area contributed by atoms with Gasteiger partial charge in [-0.05, 0) is 39.0 Å². The lowest BCUT2D eigenvalue weighted by atomic mass is 9.89. The number of Topliss-reactive ketones (excluding diaryl/α,β-unsaturated/α-hetero) is 1. The fourth-order valence-corrected chi connectivity index (χ4v) is 4.14. The van der Waals surface area contributed by atoms with E-state index in [0.717, 1.165) is 31.4 Å². The lowest BCUT2D eigenvalue weighted by molar-refractivity contribution is -0.133. The minimum Gasteiger partial charge on any atom is -0.296 e. The summed E-state index contributed by atoms with van der Waals surface area (Å²) in [5, 5.41) is 3.56. The standard InChI is InChI=1S/C26H46N2O/c1-5-7-8-9-10-11-12-13-14-15-19-22-25(29)26(28(3)4,27-23-6-2)24-20-17-16-18-21-24/h16-18,20-21,27H,5-15,19,22-23H2,1-4H3. The molecule has 1 N–H and O–H groups in total. The molecule has 0 aliphatic heterocycles. The minimum absolute atomic E-state index is 0.290. The fourth-order valence-electron chi connectivity index (χ4n) is 4.14. The Morgan fingerprint density at radius 2 is 1.31 bits per heavy atom. The molecule has 0 saturated heterocycles. The normalized spacial score (nSPS) is 13.6. The summed E-state index contributed by atoms with van der Waals surface area (Å²) in [6.07, 6.45) is 16.0. The average molecular weight is 403 g/mol. The third-order valence-corrected chi connectivity index (χ3v) is 5.90. The van der Waals surface area contributed by atoms with E-state index in [0.29, 0.717) is 6.42 Å². The van der Waals surface area contributed by atoms with Crippen molar-refractivity contribution in [2.24, 2.45) is 0 Å². The van der Waals surface area contributed by atoms with Crippen molar-refractivity contribution in [3.05, 3.63) is 35.9 Å². The molecule has 0 saturated carbocycles. The predicted molar refractivity (Wildman–Crippen MR) is 126 cm³/mol. The van der Waals surface area contributed by atoms with Crippen LogP contribution < -0.4 is 5.32 Å². The summed E-state index contributed by atoms with van der Waals surface area (Å²) in [6.45, 7) is 5.25. The number of rotatable bonds is 18. The second-order valence-corrected chi connectivity index (χ2v) is 8.61. The number of nitrogens with one attached hydrogen (secondary N) is 1. The van der Waals surface area contributed by atoms with Gasteiger partial charge in [-0.15, -0.1) is 0 Å². The van der Waals surface area contributed by atoms with Gasteiger partial charge in [0.1, 0.15) is 0 Å². The monoisotopic (exact) mass is 402 g/mol. The van der Waals surface area contributed by atoms with Crippen LogP contribution in [0.3, 0.4) is 0 Å². The van der Waals surface area contributed by atoms with Crippen LogP contribution in [0.4, 0.5) is 0 Å². The number of carbonyl (C=O) groups is 1. The van der Waals surface area contributed by atoms with Crippen molar-refractivity contribution in [1.82, 2.24) is 10.2 Å². The molecule has 0 radical (unpaired) electrons. The van der Waals surface area contributed by atoms with E-state index < -0.39 is 5.66 Å². The van der Waals surface area contributed by atoms with Crippen LogP contribution in [0.25, 0.3) is 0 Å². The van der Waals surface area contributed by atoms with Crippen molar-refractivity contribution in [2.75, 3.05) is 20.6 Å². The number of nitrogens with zero attached hydrogens (tertiary/aromatic N) is 1. The van der Waals surface area contributed by atoms with E-state index in [1.807, 2.05) is 32.3 Å². The summed E-state index contributed by atoms with van der Waals surface area (Å²) < 4.78 is 0. The fraction of sp³-hybridized carbons (Fsp3) is 0.731. The number of hydrogen-bond acceptors (Lipinski definition) is 3. The number of carbonyl (C=O) groups excluding carboxylic acids is 1. The first-order valence-electron chi connectivity index (χ1n) is 12.1. The Kier molecular flexibility index (Phi) is 13.9. The van der Waals surface area contributed by atoms with Crippen molar-refractivity contribution in [1.29, 1.82) is 0 Å². The van der Waals surface area contributed by atoms with Gasteiger partial charge in [0.2, 0.25) is 0 Å². The molecule has 166 valence electrons. The van der Waals surface area contributed by atoms with E-state index in [2.05, 4.69) is 36.2 Å². The summed E-state index contributed by atoms with van der Waals surface area (Å²) >= 11 is 0. The van der Waals surface area contributed by atoms with Crippen LogP contribution in [-0.2, 0) is 10.5 Å². The maximum absolute atomic E-state index is 13.4. The first-order chi connectivity index (χ1) is 14.1. The number of unbranched alkanes of at least 4 members (excludes halogenated alkanes) is 10. The van der Waals surface area contributed by atoms with Gasteiger partial charge in [0.05, 0.1) is 0 Å². The van der Waals surface area contributed by atoms with E-state index in [1.54, 1.807) is 0 Å². The maximum atomic E-state index is 13.4. The first-order valence-corrected chi connectivity index (χ1v) is 12.1. The summed E-state index contributed by atoms with van der Waals surface area (Å²) in [5.74, 6) is 0.290. The van der Waals surface area contributed by atoms with Crippen LogP contribution in [-0.4, -0.2) is 31.3 Å². The van der Waals surface area contributed by atoms with Gasteiger partial charge in [0, 0.05) is 6.42 Å². The van der Waals surface area contributed by atoms with Gasteiger partial charge in [-0.25, -0.2) is 0 Å². The zero-order valence-corrected chi connectivity index (χ0v) is 19.6. The SMILES string of the molecule is CCCCCCCCCCCCCC(=O)C(NCCC)(c1ccccc1)N(C)C. The molecule has 1 unspecified atom stereocenters. The second kappa shape index (κ2) is 15.6. The van der Waals surface area contributed by atoms with Gasteiger partial charge < -0.3 is 0 Å². The summed E-state index contributed by atoms with van der Waals surface area (Å²) in [7, 11) is 4.02. The highest BCUT2D eigenvalue weighted by Gasteiger charge is 2.40. The van der Waals surface area contributed by atoms with Crippen molar-refractivity contribution in [3.63, 3.8) is 0 Å². The van der Waals surface area contributed by atoms with Gasteiger partial charge >= 0.3 is 0 Å². The van der Waals surface area contributed by atoms with E-state index in [-0.39, 0.29) is 5.78 Å². The molecule has 1 aromatic rings. The van der Waals surface area contributed by atoms with Gasteiger partial charge in [-0.1, -0.05) is 108 Å². The van der Waals surface area contributed by atoms with Crippen molar-refractivity contribution in [2.45, 2.75) is 103 Å². The third-order valence-electron chi connectivity index (χ3n) is 5.90. The largest absolute Gasteiger partial charge is 0.296 e. The van der Waals surface area contributed by atoms with E-state index in [1.165, 1.54) is 57.8 Å². The van der Waals surface area contributed by atoms with Crippen LogP contribution in [0.15, 0.2) is 30.3 Å². The molecule has 1 rings (SSSR count). The highest BCUT2D eigenvalue weighted by atomic mass is 16.1. The topological polar surface area (TPSA) is 32.3 Å². The summed E-state index contributed by atoms with van der Waals surface area (Å²) in [6, 6.07) is 10.2. The number of ketones is 1. The molecule has 0 aliphatic carbocycles. The van der Waals surface area contributed by atoms with Crippen LogP contribution >= 0.6 is 0 Å². The number of hydrogen-bond donors (Lipinski definition) is 1. The molecule has 0 aromatic heterocycles. The minimum atomic E-state index is -0.713. The Labute approximate surface area is 180 Å². The molecule has 1 atom stereocenters. The molecular formula is C26H46N2O. The Bertz CT molecular complexity index is 529. The molecule has 0 heterocycles. The third kappa shape index (κ3) is 9.00. The Morgan fingerprint density at radius 3 is 1.79 bits per heavy atom. The predicted octanol–water partition coefficient (Wildman–Crippen LogP) is 6.67. The van der Waals surface area contributed by atoms with Gasteiger partial charge in [-0.2, -0.15) is 0 Å². The van der Waals surface area contributed by atoms with Crippen molar-refractivity contribution >= 4 is 5.78 Å². The van der Waals surface area contributed by atoms with Crippen LogP contribution in [0.2, 0.25) is 0 Å². The zero-order chi connectivity index (χ0) is 21.4. The average Bonchev–Trinajstić information content (AvgIpc) is 2.73. The molecule has 0 aliphatic rings. The molecule has 0 bridgehead atoms. The number of likely N-dealkylation sites (N-methyl/N-ethyl adjacent to an activating group) is 1. The molecule has 3 nitrogen and oxygen atoms in total.